The van der Waals surface area contributed by atoms with Crippen LogP contribution in [0.2, 0.25) is 0 Å². The van der Waals surface area contributed by atoms with Gasteiger partial charge in [-0.2, -0.15) is 16.7 Å². The summed E-state index contributed by atoms with van der Waals surface area (Å²) in [6, 6.07) is 0. The van der Waals surface area contributed by atoms with E-state index in [-0.39, 0.29) is 0 Å². The van der Waals surface area contributed by atoms with E-state index in [0.29, 0.717) is 23.4 Å². The fourth-order valence-corrected chi connectivity index (χ4v) is 2.72. The van der Waals surface area contributed by atoms with Gasteiger partial charge >= 0.3 is 0 Å². The standard InChI is InChI=1S/C8H11ClN2OS/c9-4-3-7-10-8(11-12-7)6-2-1-5-13-6/h6H,1-5H2. The van der Waals surface area contributed by atoms with Gasteiger partial charge in [-0.3, -0.25) is 0 Å². The van der Waals surface area contributed by atoms with E-state index in [2.05, 4.69) is 10.1 Å². The average Bonchev–Trinajstić information content (AvgIpc) is 2.70. The Morgan fingerprint density at radius 3 is 3.23 bits per heavy atom. The molecule has 2 heterocycles. The molecule has 5 heteroatoms. The van der Waals surface area contributed by atoms with Crippen LogP contribution in [0, 0.1) is 0 Å². The molecule has 0 saturated carbocycles. The lowest BCUT2D eigenvalue weighted by Gasteiger charge is -1.98. The molecule has 0 aromatic carbocycles. The molecule has 0 amide bonds. The van der Waals surface area contributed by atoms with Crippen LogP contribution in [0.15, 0.2) is 4.52 Å². The Morgan fingerprint density at radius 2 is 2.54 bits per heavy atom. The van der Waals surface area contributed by atoms with Gasteiger partial charge in [-0.05, 0) is 18.6 Å². The average molecular weight is 219 g/mol. The van der Waals surface area contributed by atoms with Crippen molar-refractivity contribution in [3.05, 3.63) is 11.7 Å². The van der Waals surface area contributed by atoms with Gasteiger partial charge in [-0.25, -0.2) is 0 Å². The van der Waals surface area contributed by atoms with E-state index in [1.54, 1.807) is 0 Å². The van der Waals surface area contributed by atoms with Crippen LogP contribution in [0.25, 0.3) is 0 Å². The van der Waals surface area contributed by atoms with Crippen LogP contribution in [0.1, 0.15) is 29.8 Å². The molecule has 1 aliphatic heterocycles. The topological polar surface area (TPSA) is 38.9 Å². The molecule has 0 bridgehead atoms. The molecule has 1 saturated heterocycles. The van der Waals surface area contributed by atoms with Crippen molar-refractivity contribution in [1.29, 1.82) is 0 Å². The zero-order valence-electron chi connectivity index (χ0n) is 7.20. The molecule has 1 aromatic heterocycles. The summed E-state index contributed by atoms with van der Waals surface area (Å²) in [6.07, 6.45) is 3.10. The summed E-state index contributed by atoms with van der Waals surface area (Å²) in [4.78, 5) is 4.30. The first-order valence-electron chi connectivity index (χ1n) is 4.40. The van der Waals surface area contributed by atoms with Gasteiger partial charge in [-0.15, -0.1) is 11.6 Å². The highest BCUT2D eigenvalue weighted by atomic mass is 35.5. The number of aromatic nitrogens is 2. The molecule has 0 spiro atoms. The molecule has 0 aliphatic carbocycles. The smallest absolute Gasteiger partial charge is 0.227 e. The van der Waals surface area contributed by atoms with Crippen LogP contribution in [-0.4, -0.2) is 21.8 Å². The summed E-state index contributed by atoms with van der Waals surface area (Å²) in [7, 11) is 0. The van der Waals surface area contributed by atoms with Crippen molar-refractivity contribution in [3.8, 4) is 0 Å². The molecule has 1 aliphatic rings. The van der Waals surface area contributed by atoms with Gasteiger partial charge in [-0.1, -0.05) is 5.16 Å². The van der Waals surface area contributed by atoms with Crippen LogP contribution in [0.4, 0.5) is 0 Å². The number of halogens is 1. The van der Waals surface area contributed by atoms with E-state index in [1.807, 2.05) is 11.8 Å². The Morgan fingerprint density at radius 1 is 1.62 bits per heavy atom. The Bertz CT molecular complexity index is 273. The van der Waals surface area contributed by atoms with Crippen molar-refractivity contribution in [2.45, 2.75) is 24.5 Å². The zero-order valence-corrected chi connectivity index (χ0v) is 8.77. The van der Waals surface area contributed by atoms with Gasteiger partial charge in [0.15, 0.2) is 5.82 Å². The van der Waals surface area contributed by atoms with Crippen molar-refractivity contribution in [3.63, 3.8) is 0 Å². The molecule has 1 atom stereocenters. The fourth-order valence-electron chi connectivity index (χ4n) is 1.36. The van der Waals surface area contributed by atoms with Gasteiger partial charge in [0.2, 0.25) is 5.89 Å². The summed E-state index contributed by atoms with van der Waals surface area (Å²) in [6.45, 7) is 0. The first-order valence-corrected chi connectivity index (χ1v) is 5.98. The van der Waals surface area contributed by atoms with Crippen LogP contribution in [0.3, 0.4) is 0 Å². The minimum absolute atomic E-state index is 0.452. The predicted octanol–water partition coefficient (Wildman–Crippen LogP) is 2.42. The molecule has 1 aromatic rings. The highest BCUT2D eigenvalue weighted by Crippen LogP contribution is 2.38. The monoisotopic (exact) mass is 218 g/mol. The second-order valence-corrected chi connectivity index (χ2v) is 4.68. The number of alkyl halides is 1. The second-order valence-electron chi connectivity index (χ2n) is 2.99. The molecule has 13 heavy (non-hydrogen) atoms. The second kappa shape index (κ2) is 4.33. The lowest BCUT2D eigenvalue weighted by atomic mass is 10.2. The van der Waals surface area contributed by atoms with Crippen LogP contribution in [0.5, 0.6) is 0 Å². The maximum atomic E-state index is 5.57. The zero-order chi connectivity index (χ0) is 9.10. The van der Waals surface area contributed by atoms with Crippen molar-refractivity contribution in [2.24, 2.45) is 0 Å². The third kappa shape index (κ3) is 2.17. The molecule has 1 fully saturated rings. The SMILES string of the molecule is ClCCc1nc(C2CCCS2)no1. The quantitative estimate of drug-likeness (QED) is 0.731. The van der Waals surface area contributed by atoms with Crippen molar-refractivity contribution >= 4 is 23.4 Å². The Balaban J connectivity index is 2.03. The number of hydrogen-bond acceptors (Lipinski definition) is 4. The predicted molar refractivity (Wildman–Crippen MR) is 53.2 cm³/mol. The lowest BCUT2D eigenvalue weighted by Crippen LogP contribution is -1.92. The molecule has 3 nitrogen and oxygen atoms in total. The largest absolute Gasteiger partial charge is 0.339 e. The van der Waals surface area contributed by atoms with Gasteiger partial charge in [0.1, 0.15) is 0 Å². The lowest BCUT2D eigenvalue weighted by molar-refractivity contribution is 0.376. The highest BCUT2D eigenvalue weighted by molar-refractivity contribution is 7.99. The van der Waals surface area contributed by atoms with Crippen molar-refractivity contribution in [1.82, 2.24) is 10.1 Å². The molecule has 0 radical (unpaired) electrons. The highest BCUT2D eigenvalue weighted by Gasteiger charge is 2.22. The molecular weight excluding hydrogens is 208 g/mol. The van der Waals surface area contributed by atoms with Crippen LogP contribution in [-0.2, 0) is 6.42 Å². The Kier molecular flexibility index (Phi) is 3.11. The van der Waals surface area contributed by atoms with Crippen LogP contribution >= 0.6 is 23.4 Å². The third-order valence-corrected chi connectivity index (χ3v) is 3.57. The van der Waals surface area contributed by atoms with Crippen LogP contribution < -0.4 is 0 Å². The minimum Gasteiger partial charge on any atom is -0.339 e. The fraction of sp³-hybridized carbons (Fsp3) is 0.750. The summed E-state index contributed by atoms with van der Waals surface area (Å²) in [5.74, 6) is 3.27. The van der Waals surface area contributed by atoms with Gasteiger partial charge in [0.05, 0.1) is 5.25 Å². The number of rotatable bonds is 3. The molecule has 72 valence electrons. The molecule has 1 unspecified atom stereocenters. The summed E-state index contributed by atoms with van der Waals surface area (Å²) in [5.41, 5.74) is 0. The molecule has 2 rings (SSSR count). The van der Waals surface area contributed by atoms with E-state index in [9.17, 15) is 0 Å². The first kappa shape index (κ1) is 9.34. The van der Waals surface area contributed by atoms with E-state index in [0.717, 1.165) is 5.82 Å². The third-order valence-electron chi connectivity index (χ3n) is 2.01. The summed E-state index contributed by atoms with van der Waals surface area (Å²) >= 11 is 7.48. The number of aryl methyl sites for hydroxylation is 1. The number of thioether (sulfide) groups is 1. The van der Waals surface area contributed by atoms with Gasteiger partial charge < -0.3 is 4.52 Å². The molecule has 0 N–H and O–H groups in total. The Hall–Kier alpha value is -0.220. The normalized spacial score (nSPS) is 22.4. The minimum atomic E-state index is 0.452. The van der Waals surface area contributed by atoms with E-state index in [4.69, 9.17) is 16.1 Å². The van der Waals surface area contributed by atoms with Crippen molar-refractivity contribution < 1.29 is 4.52 Å². The maximum absolute atomic E-state index is 5.57. The van der Waals surface area contributed by atoms with E-state index < -0.39 is 0 Å². The summed E-state index contributed by atoms with van der Waals surface area (Å²) in [5, 5.41) is 4.40. The van der Waals surface area contributed by atoms with E-state index >= 15 is 0 Å². The van der Waals surface area contributed by atoms with E-state index in [1.165, 1.54) is 18.6 Å². The van der Waals surface area contributed by atoms with Gasteiger partial charge in [0.25, 0.3) is 0 Å². The van der Waals surface area contributed by atoms with Gasteiger partial charge in [0, 0.05) is 12.3 Å². The summed E-state index contributed by atoms with van der Waals surface area (Å²) < 4.78 is 5.06. The Labute approximate surface area is 86.2 Å². The maximum Gasteiger partial charge on any atom is 0.227 e. The first-order chi connectivity index (χ1) is 6.40. The van der Waals surface area contributed by atoms with Crippen molar-refractivity contribution in [2.75, 3.05) is 11.6 Å². The number of hydrogen-bond donors (Lipinski definition) is 0. The number of nitrogens with zero attached hydrogens (tertiary/aromatic N) is 2. The molecular formula is C8H11ClN2OS.